The number of halogens is 3. The van der Waals surface area contributed by atoms with Gasteiger partial charge in [-0.3, -0.25) is 4.99 Å². The third-order valence-corrected chi connectivity index (χ3v) is 5.19. The highest BCUT2D eigenvalue weighted by atomic mass is 19.4. The zero-order valence-corrected chi connectivity index (χ0v) is 15.0. The Balaban J connectivity index is 1.36. The molecular weight excluding hydrogens is 351 g/mol. The van der Waals surface area contributed by atoms with Gasteiger partial charge in [0.1, 0.15) is 0 Å². The third kappa shape index (κ3) is 3.94. The Morgan fingerprint density at radius 3 is 2.41 bits per heavy atom. The second-order valence-corrected chi connectivity index (χ2v) is 7.22. The highest BCUT2D eigenvalue weighted by Crippen LogP contribution is 2.34. The molecule has 27 heavy (non-hydrogen) atoms. The summed E-state index contributed by atoms with van der Waals surface area (Å²) in [5.74, 6) is 1.22. The van der Waals surface area contributed by atoms with E-state index in [1.54, 1.807) is 12.1 Å². The lowest BCUT2D eigenvalue weighted by Crippen LogP contribution is -2.54. The fraction of sp³-hybridized carbons (Fsp3) is 0.381. The van der Waals surface area contributed by atoms with E-state index in [1.807, 2.05) is 18.2 Å². The molecule has 2 aliphatic rings. The number of likely N-dealkylation sites (tertiary alicyclic amines) is 1. The molecule has 0 aliphatic carbocycles. The maximum atomic E-state index is 13.2. The van der Waals surface area contributed by atoms with Gasteiger partial charge >= 0.3 is 6.18 Å². The molecule has 6 heteroatoms. The first-order valence-electron chi connectivity index (χ1n) is 9.24. The molecule has 2 aromatic carbocycles. The van der Waals surface area contributed by atoms with Crippen LogP contribution in [0.4, 0.5) is 13.2 Å². The molecule has 0 N–H and O–H groups in total. The van der Waals surface area contributed by atoms with Crippen LogP contribution in [0.3, 0.4) is 0 Å². The highest BCUT2D eigenvalue weighted by Gasteiger charge is 2.37. The predicted octanol–water partition coefficient (Wildman–Crippen LogP) is 4.05. The Bertz CT molecular complexity index is 811. The number of nitrogens with zero attached hydrogens (tertiary/aromatic N) is 3. The number of aliphatic imine (C=N–C) groups is 1. The predicted molar refractivity (Wildman–Crippen MR) is 99.4 cm³/mol. The van der Waals surface area contributed by atoms with E-state index in [2.05, 4.69) is 26.9 Å². The second kappa shape index (κ2) is 7.25. The van der Waals surface area contributed by atoms with Crippen molar-refractivity contribution in [1.82, 2.24) is 9.80 Å². The molecule has 0 saturated carbocycles. The summed E-state index contributed by atoms with van der Waals surface area (Å²) in [7, 11) is 0. The van der Waals surface area contributed by atoms with Gasteiger partial charge in [0.2, 0.25) is 0 Å². The summed E-state index contributed by atoms with van der Waals surface area (Å²) in [6.07, 6.45) is -3.83. The van der Waals surface area contributed by atoms with Crippen LogP contribution >= 0.6 is 0 Å². The van der Waals surface area contributed by atoms with Gasteiger partial charge < -0.3 is 9.80 Å². The molecule has 0 unspecified atom stereocenters. The molecule has 0 aromatic heterocycles. The van der Waals surface area contributed by atoms with E-state index < -0.39 is 11.7 Å². The third-order valence-electron chi connectivity index (χ3n) is 5.19. The van der Waals surface area contributed by atoms with Crippen molar-refractivity contribution >= 4 is 5.96 Å². The van der Waals surface area contributed by atoms with Gasteiger partial charge in [-0.15, -0.1) is 0 Å². The van der Waals surface area contributed by atoms with Gasteiger partial charge in [-0.2, -0.15) is 13.2 Å². The largest absolute Gasteiger partial charge is 0.416 e. The van der Waals surface area contributed by atoms with Crippen LogP contribution in [0.1, 0.15) is 16.7 Å². The van der Waals surface area contributed by atoms with Gasteiger partial charge in [-0.05, 0) is 29.5 Å². The average molecular weight is 373 g/mol. The maximum Gasteiger partial charge on any atom is 0.416 e. The molecule has 2 heterocycles. The van der Waals surface area contributed by atoms with Crippen LogP contribution in [-0.4, -0.2) is 41.9 Å². The molecule has 2 aromatic rings. The van der Waals surface area contributed by atoms with Crippen LogP contribution < -0.4 is 0 Å². The summed E-state index contributed by atoms with van der Waals surface area (Å²) in [6.45, 7) is 4.01. The number of benzene rings is 2. The summed E-state index contributed by atoms with van der Waals surface area (Å²) in [5, 5.41) is 0. The molecule has 0 radical (unpaired) electrons. The lowest BCUT2D eigenvalue weighted by molar-refractivity contribution is -0.138. The number of hydrogen-bond donors (Lipinski definition) is 0. The fourth-order valence-corrected chi connectivity index (χ4v) is 3.87. The first kappa shape index (κ1) is 17.9. The molecule has 1 fully saturated rings. The molecule has 4 rings (SSSR count). The zero-order valence-electron chi connectivity index (χ0n) is 15.0. The van der Waals surface area contributed by atoms with E-state index in [0.29, 0.717) is 12.0 Å². The molecular formula is C21H22F3N3. The minimum absolute atomic E-state index is 0.232. The Morgan fingerprint density at radius 2 is 1.67 bits per heavy atom. The van der Waals surface area contributed by atoms with Crippen molar-refractivity contribution in [3.63, 3.8) is 0 Å². The van der Waals surface area contributed by atoms with Gasteiger partial charge in [-0.25, -0.2) is 0 Å². The van der Waals surface area contributed by atoms with Crippen molar-refractivity contribution in [3.8, 4) is 0 Å². The molecule has 0 amide bonds. The molecule has 0 atom stereocenters. The SMILES string of the molecule is FC(F)(F)c1ccccc1CC1CN(C2=NCCN2Cc2ccccc2)C1. The van der Waals surface area contributed by atoms with Gasteiger partial charge in [0, 0.05) is 26.2 Å². The summed E-state index contributed by atoms with van der Waals surface area (Å²) in [4.78, 5) is 9.07. The van der Waals surface area contributed by atoms with E-state index in [1.165, 1.54) is 17.7 Å². The van der Waals surface area contributed by atoms with Crippen molar-refractivity contribution in [2.75, 3.05) is 26.2 Å². The lowest BCUT2D eigenvalue weighted by atomic mass is 9.90. The van der Waals surface area contributed by atoms with Crippen molar-refractivity contribution in [1.29, 1.82) is 0 Å². The first-order chi connectivity index (χ1) is 13.0. The number of guanidine groups is 1. The minimum atomic E-state index is -4.29. The summed E-state index contributed by atoms with van der Waals surface area (Å²) in [6, 6.07) is 16.2. The standard InChI is InChI=1S/C21H22F3N3/c22-21(23,24)19-9-5-4-8-18(19)12-17-14-27(15-17)20-25-10-11-26(20)13-16-6-2-1-3-7-16/h1-9,17H,10-15H2. The molecule has 1 saturated heterocycles. The van der Waals surface area contributed by atoms with Gasteiger partial charge in [-0.1, -0.05) is 48.5 Å². The van der Waals surface area contributed by atoms with Crippen LogP contribution in [-0.2, 0) is 19.1 Å². The van der Waals surface area contributed by atoms with Gasteiger partial charge in [0.25, 0.3) is 0 Å². The number of alkyl halides is 3. The molecule has 142 valence electrons. The van der Waals surface area contributed by atoms with Crippen molar-refractivity contribution in [3.05, 3.63) is 71.3 Å². The molecule has 2 aliphatic heterocycles. The quantitative estimate of drug-likeness (QED) is 0.805. The average Bonchev–Trinajstić information content (AvgIpc) is 3.05. The second-order valence-electron chi connectivity index (χ2n) is 7.22. The minimum Gasteiger partial charge on any atom is -0.342 e. The van der Waals surface area contributed by atoms with Crippen LogP contribution in [0.5, 0.6) is 0 Å². The smallest absolute Gasteiger partial charge is 0.342 e. The van der Waals surface area contributed by atoms with Crippen LogP contribution in [0.15, 0.2) is 59.6 Å². The van der Waals surface area contributed by atoms with E-state index in [0.717, 1.165) is 38.7 Å². The number of rotatable bonds is 4. The van der Waals surface area contributed by atoms with Crippen molar-refractivity contribution in [2.24, 2.45) is 10.9 Å². The number of hydrogen-bond acceptors (Lipinski definition) is 3. The van der Waals surface area contributed by atoms with E-state index >= 15 is 0 Å². The fourth-order valence-electron chi connectivity index (χ4n) is 3.87. The van der Waals surface area contributed by atoms with E-state index in [4.69, 9.17) is 0 Å². The van der Waals surface area contributed by atoms with E-state index in [-0.39, 0.29) is 5.92 Å². The Kier molecular flexibility index (Phi) is 4.81. The first-order valence-corrected chi connectivity index (χ1v) is 9.24. The highest BCUT2D eigenvalue weighted by molar-refractivity contribution is 5.82. The Labute approximate surface area is 157 Å². The molecule has 3 nitrogen and oxygen atoms in total. The summed E-state index contributed by atoms with van der Waals surface area (Å²) in [5.41, 5.74) is 1.12. The Morgan fingerprint density at radius 1 is 0.963 bits per heavy atom. The van der Waals surface area contributed by atoms with Gasteiger partial charge in [0.05, 0.1) is 12.1 Å². The van der Waals surface area contributed by atoms with Gasteiger partial charge in [0.15, 0.2) is 5.96 Å². The topological polar surface area (TPSA) is 18.8 Å². The zero-order chi connectivity index (χ0) is 18.9. The van der Waals surface area contributed by atoms with Crippen molar-refractivity contribution in [2.45, 2.75) is 19.1 Å². The van der Waals surface area contributed by atoms with Crippen LogP contribution in [0.2, 0.25) is 0 Å². The lowest BCUT2D eigenvalue weighted by Gasteiger charge is -2.43. The normalized spacial score (nSPS) is 17.8. The van der Waals surface area contributed by atoms with E-state index in [9.17, 15) is 13.2 Å². The maximum absolute atomic E-state index is 13.2. The summed E-state index contributed by atoms with van der Waals surface area (Å²) < 4.78 is 39.5. The van der Waals surface area contributed by atoms with Crippen LogP contribution in [0, 0.1) is 5.92 Å². The van der Waals surface area contributed by atoms with Crippen molar-refractivity contribution < 1.29 is 13.2 Å². The monoisotopic (exact) mass is 373 g/mol. The Hall–Kier alpha value is -2.50. The summed E-state index contributed by atoms with van der Waals surface area (Å²) >= 11 is 0. The van der Waals surface area contributed by atoms with Crippen LogP contribution in [0.25, 0.3) is 0 Å². The molecule has 0 spiro atoms. The molecule has 0 bridgehead atoms.